The Balaban J connectivity index is 2.44. The Kier molecular flexibility index (Phi) is 14.0. The number of halogens is 1. The van der Waals surface area contributed by atoms with Crippen molar-refractivity contribution in [3.05, 3.63) is 23.8 Å². The number of unbranched alkanes of at least 4 members (excludes halogenated alkanes) is 8. The molecule has 5 heteroatoms. The van der Waals surface area contributed by atoms with Crippen LogP contribution >= 0.6 is 22.9 Å². The van der Waals surface area contributed by atoms with Gasteiger partial charge in [-0.25, -0.2) is 0 Å². The summed E-state index contributed by atoms with van der Waals surface area (Å²) in [6, 6.07) is 6.41. The largest absolute Gasteiger partial charge is 0.397 e. The summed E-state index contributed by atoms with van der Waals surface area (Å²) in [6.07, 6.45) is 15.7. The molecule has 0 saturated carbocycles. The number of hydrazine groups is 1. The first-order valence-corrected chi connectivity index (χ1v) is 12.8. The number of hydrogen-bond acceptors (Lipinski definition) is 4. The quantitative estimate of drug-likeness (QED) is 0.0515. The lowest BCUT2D eigenvalue weighted by molar-refractivity contribution is 0.345. The number of rotatable bonds is 17. The lowest BCUT2D eigenvalue weighted by Crippen LogP contribution is -2.48. The zero-order valence-corrected chi connectivity index (χ0v) is 21.5. The van der Waals surface area contributed by atoms with E-state index in [1.165, 1.54) is 76.2 Å². The van der Waals surface area contributed by atoms with Crippen molar-refractivity contribution in [2.24, 2.45) is 0 Å². The van der Waals surface area contributed by atoms with E-state index in [9.17, 15) is 0 Å². The molecular formula is C24H45IN4. The Morgan fingerprint density at radius 1 is 0.931 bits per heavy atom. The highest BCUT2D eigenvalue weighted by Crippen LogP contribution is 2.25. The van der Waals surface area contributed by atoms with Crippen LogP contribution in [0.15, 0.2) is 18.2 Å². The first-order chi connectivity index (χ1) is 13.9. The molecular weight excluding hydrogens is 471 g/mol. The molecule has 1 aromatic carbocycles. The van der Waals surface area contributed by atoms with Crippen molar-refractivity contribution in [3.63, 3.8) is 0 Å². The van der Waals surface area contributed by atoms with Gasteiger partial charge in [0.05, 0.1) is 18.0 Å². The molecule has 0 bridgehead atoms. The fraction of sp³-hybridized carbons (Fsp3) is 0.750. The summed E-state index contributed by atoms with van der Waals surface area (Å²) in [5.41, 5.74) is 9.62. The van der Waals surface area contributed by atoms with Crippen LogP contribution in [0.5, 0.6) is 0 Å². The first-order valence-electron chi connectivity index (χ1n) is 11.7. The van der Waals surface area contributed by atoms with Crippen molar-refractivity contribution >= 4 is 34.2 Å². The van der Waals surface area contributed by atoms with E-state index in [-0.39, 0.29) is 5.54 Å². The summed E-state index contributed by atoms with van der Waals surface area (Å²) in [6.45, 7) is 9.85. The van der Waals surface area contributed by atoms with E-state index in [1.807, 2.05) is 6.07 Å². The van der Waals surface area contributed by atoms with Crippen LogP contribution in [0.3, 0.4) is 0 Å². The highest BCUT2D eigenvalue weighted by Gasteiger charge is 2.19. The number of anilines is 2. The monoisotopic (exact) mass is 516 g/mol. The topological polar surface area (TPSA) is 53.3 Å². The van der Waals surface area contributed by atoms with Gasteiger partial charge in [0.25, 0.3) is 0 Å². The van der Waals surface area contributed by atoms with Gasteiger partial charge in [-0.1, -0.05) is 77.7 Å². The van der Waals surface area contributed by atoms with Gasteiger partial charge in [-0.15, -0.1) is 0 Å². The SMILES string of the molecule is CCCCCCCCCCC(C)(C)NCN(NI)c1cc(CCCC)ccc1N. The highest BCUT2D eigenvalue weighted by molar-refractivity contribution is 14.1. The van der Waals surface area contributed by atoms with Crippen molar-refractivity contribution < 1.29 is 0 Å². The Bertz CT molecular complexity index is 548. The molecule has 0 saturated heterocycles. The molecule has 0 aromatic heterocycles. The molecule has 0 radical (unpaired) electrons. The number of nitrogen functional groups attached to an aromatic ring is 1. The Hall–Kier alpha value is -0.530. The van der Waals surface area contributed by atoms with Crippen LogP contribution in [0.25, 0.3) is 0 Å². The van der Waals surface area contributed by atoms with Crippen LogP contribution in [0.1, 0.15) is 104 Å². The maximum absolute atomic E-state index is 6.28. The van der Waals surface area contributed by atoms with E-state index >= 15 is 0 Å². The summed E-state index contributed by atoms with van der Waals surface area (Å²) >= 11 is 2.20. The van der Waals surface area contributed by atoms with Crippen LogP contribution < -0.4 is 19.7 Å². The van der Waals surface area contributed by atoms with Crippen LogP contribution in [0.4, 0.5) is 11.4 Å². The van der Waals surface area contributed by atoms with Crippen LogP contribution in [0, 0.1) is 0 Å². The molecule has 0 aliphatic carbocycles. The van der Waals surface area contributed by atoms with Gasteiger partial charge in [-0.3, -0.25) is 10.3 Å². The van der Waals surface area contributed by atoms with Gasteiger partial charge in [-0.2, -0.15) is 3.64 Å². The first kappa shape index (κ1) is 26.5. The number of nitrogens with zero attached hydrogens (tertiary/aromatic N) is 1. The zero-order valence-electron chi connectivity index (χ0n) is 19.3. The fourth-order valence-electron chi connectivity index (χ4n) is 3.60. The minimum atomic E-state index is 0.114. The fourth-order valence-corrected chi connectivity index (χ4v) is 4.03. The average molecular weight is 517 g/mol. The van der Waals surface area contributed by atoms with Crippen molar-refractivity contribution in [2.45, 2.75) is 110 Å². The van der Waals surface area contributed by atoms with Crippen LogP contribution in [0.2, 0.25) is 0 Å². The normalized spacial score (nSPS) is 11.8. The molecule has 1 rings (SSSR count). The number of benzene rings is 1. The van der Waals surface area contributed by atoms with Gasteiger partial charge in [-0.05, 0) is 50.8 Å². The molecule has 1 aromatic rings. The van der Waals surface area contributed by atoms with Crippen LogP contribution in [-0.4, -0.2) is 12.2 Å². The van der Waals surface area contributed by atoms with Crippen molar-refractivity contribution in [1.82, 2.24) is 8.96 Å². The Morgan fingerprint density at radius 2 is 1.55 bits per heavy atom. The molecule has 0 unspecified atom stereocenters. The van der Waals surface area contributed by atoms with Gasteiger partial charge < -0.3 is 5.73 Å². The molecule has 0 heterocycles. The second-order valence-electron chi connectivity index (χ2n) is 8.95. The standard InChI is InChI=1S/C24H45IN4/c1-5-7-9-10-11-12-13-14-18-24(3,4)27-20-29(28-25)23-19-21(15-8-6-2)16-17-22(23)26/h16-17,19,27-28H,5-15,18,20,26H2,1-4H3. The van der Waals surface area contributed by atoms with E-state index in [4.69, 9.17) is 5.73 Å². The van der Waals surface area contributed by atoms with Crippen molar-refractivity contribution in [1.29, 1.82) is 0 Å². The van der Waals surface area contributed by atoms with Crippen molar-refractivity contribution in [2.75, 3.05) is 17.4 Å². The predicted molar refractivity (Wildman–Crippen MR) is 138 cm³/mol. The lowest BCUT2D eigenvalue weighted by Gasteiger charge is -2.32. The molecule has 0 fully saturated rings. The third kappa shape index (κ3) is 11.4. The highest BCUT2D eigenvalue weighted by atomic mass is 127. The summed E-state index contributed by atoms with van der Waals surface area (Å²) in [5, 5.41) is 5.83. The number of hydrogen-bond donors (Lipinski definition) is 3. The van der Waals surface area contributed by atoms with E-state index in [0.29, 0.717) is 0 Å². The Morgan fingerprint density at radius 3 is 2.17 bits per heavy atom. The van der Waals surface area contributed by atoms with Gasteiger partial charge in [0.1, 0.15) is 0 Å². The molecule has 4 nitrogen and oxygen atoms in total. The van der Waals surface area contributed by atoms with Crippen LogP contribution in [-0.2, 0) is 6.42 Å². The molecule has 0 aliphatic rings. The zero-order chi connectivity index (χ0) is 21.5. The molecule has 168 valence electrons. The summed E-state index contributed by atoms with van der Waals surface area (Å²) in [7, 11) is 0. The summed E-state index contributed by atoms with van der Waals surface area (Å²) in [4.78, 5) is 0. The van der Waals surface area contributed by atoms with Gasteiger partial charge >= 0.3 is 0 Å². The van der Waals surface area contributed by atoms with Crippen molar-refractivity contribution in [3.8, 4) is 0 Å². The predicted octanol–water partition coefficient (Wildman–Crippen LogP) is 7.13. The average Bonchev–Trinajstić information content (AvgIpc) is 2.70. The van der Waals surface area contributed by atoms with Gasteiger partial charge in [0.15, 0.2) is 0 Å². The van der Waals surface area contributed by atoms with E-state index in [2.05, 4.69) is 76.7 Å². The number of nitrogens with one attached hydrogen (secondary N) is 2. The molecule has 0 atom stereocenters. The third-order valence-electron chi connectivity index (χ3n) is 5.68. The Labute approximate surface area is 194 Å². The lowest BCUT2D eigenvalue weighted by atomic mass is 9.96. The maximum Gasteiger partial charge on any atom is 0.0851 e. The summed E-state index contributed by atoms with van der Waals surface area (Å²) < 4.78 is 3.28. The van der Waals surface area contributed by atoms with E-state index < -0.39 is 0 Å². The van der Waals surface area contributed by atoms with E-state index in [1.54, 1.807) is 0 Å². The minimum Gasteiger partial charge on any atom is -0.397 e. The summed E-state index contributed by atoms with van der Waals surface area (Å²) in [5.74, 6) is 0. The molecule has 0 aliphatic heterocycles. The second kappa shape index (κ2) is 15.3. The molecule has 4 N–H and O–H groups in total. The second-order valence-corrected chi connectivity index (χ2v) is 9.44. The van der Waals surface area contributed by atoms with Gasteiger partial charge in [0.2, 0.25) is 0 Å². The smallest absolute Gasteiger partial charge is 0.0851 e. The molecule has 29 heavy (non-hydrogen) atoms. The van der Waals surface area contributed by atoms with E-state index in [0.717, 1.165) is 24.5 Å². The minimum absolute atomic E-state index is 0.114. The maximum atomic E-state index is 6.28. The molecule has 0 amide bonds. The van der Waals surface area contributed by atoms with Gasteiger partial charge in [0, 0.05) is 28.4 Å². The number of aryl methyl sites for hydroxylation is 1. The third-order valence-corrected chi connectivity index (χ3v) is 6.26. The molecule has 0 spiro atoms. The number of nitrogens with two attached hydrogens (primary N) is 1.